The molecule has 1 saturated heterocycles. The number of aryl methyl sites for hydroxylation is 2. The van der Waals surface area contributed by atoms with E-state index in [0.717, 1.165) is 18.6 Å². The molecule has 0 aliphatic carbocycles. The fourth-order valence-corrected chi connectivity index (χ4v) is 2.59. The third-order valence-corrected chi connectivity index (χ3v) is 3.60. The highest BCUT2D eigenvalue weighted by atomic mass is 16.3. The molecule has 1 unspecified atom stereocenters. The normalized spacial score (nSPS) is 19.3. The van der Waals surface area contributed by atoms with Crippen molar-refractivity contribution in [2.45, 2.75) is 26.7 Å². The van der Waals surface area contributed by atoms with E-state index >= 15 is 0 Å². The van der Waals surface area contributed by atoms with Crippen molar-refractivity contribution in [3.05, 3.63) is 23.2 Å². The summed E-state index contributed by atoms with van der Waals surface area (Å²) in [6.45, 7) is 4.81. The van der Waals surface area contributed by atoms with Gasteiger partial charge in [-0.2, -0.15) is 0 Å². The predicted molar refractivity (Wildman–Crippen MR) is 70.9 cm³/mol. The molecule has 5 nitrogen and oxygen atoms in total. The first kappa shape index (κ1) is 13.6. The Morgan fingerprint density at radius 3 is 2.74 bits per heavy atom. The molecule has 1 aromatic heterocycles. The third kappa shape index (κ3) is 2.80. The topological polar surface area (TPSA) is 62.6 Å². The Kier molecular flexibility index (Phi) is 3.93. The zero-order valence-corrected chi connectivity index (χ0v) is 11.7. The number of hydrogen-bond donors (Lipinski definition) is 1. The summed E-state index contributed by atoms with van der Waals surface area (Å²) in [7, 11) is 1.63. The minimum Gasteiger partial charge on any atom is -0.466 e. The largest absolute Gasteiger partial charge is 0.466 e. The van der Waals surface area contributed by atoms with Gasteiger partial charge in [-0.3, -0.25) is 9.59 Å². The van der Waals surface area contributed by atoms with Crippen molar-refractivity contribution >= 4 is 11.8 Å². The summed E-state index contributed by atoms with van der Waals surface area (Å²) in [6.07, 6.45) is 1.70. The monoisotopic (exact) mass is 264 g/mol. The van der Waals surface area contributed by atoms with Crippen LogP contribution in [-0.4, -0.2) is 36.9 Å². The Balaban J connectivity index is 2.11. The lowest BCUT2D eigenvalue weighted by atomic mass is 9.96. The molecule has 0 bridgehead atoms. The maximum absolute atomic E-state index is 12.4. The molecule has 0 saturated carbocycles. The van der Waals surface area contributed by atoms with E-state index in [1.807, 2.05) is 6.92 Å². The lowest BCUT2D eigenvalue weighted by Crippen LogP contribution is -2.44. The molecule has 2 amide bonds. The summed E-state index contributed by atoms with van der Waals surface area (Å²) in [4.78, 5) is 25.9. The van der Waals surface area contributed by atoms with Gasteiger partial charge in [0.1, 0.15) is 11.5 Å². The van der Waals surface area contributed by atoms with E-state index in [0.29, 0.717) is 24.4 Å². The Hall–Kier alpha value is -1.78. The van der Waals surface area contributed by atoms with E-state index in [2.05, 4.69) is 5.32 Å². The molecule has 5 heteroatoms. The zero-order chi connectivity index (χ0) is 14.0. The second-order valence-corrected chi connectivity index (χ2v) is 5.03. The minimum atomic E-state index is -0.101. The van der Waals surface area contributed by atoms with Crippen LogP contribution < -0.4 is 5.32 Å². The van der Waals surface area contributed by atoms with E-state index < -0.39 is 0 Å². The van der Waals surface area contributed by atoms with E-state index in [4.69, 9.17) is 4.42 Å². The van der Waals surface area contributed by atoms with E-state index in [1.165, 1.54) is 0 Å². The Morgan fingerprint density at radius 2 is 2.16 bits per heavy atom. The molecule has 1 aromatic rings. The summed E-state index contributed by atoms with van der Waals surface area (Å²) >= 11 is 0. The SMILES string of the molecule is CNC(=O)C1CCCN(C(=O)c2cc(C)oc2C)C1. The van der Waals surface area contributed by atoms with Gasteiger partial charge < -0.3 is 14.6 Å². The summed E-state index contributed by atoms with van der Waals surface area (Å²) in [5.74, 6) is 1.25. The van der Waals surface area contributed by atoms with Crippen molar-refractivity contribution in [2.75, 3.05) is 20.1 Å². The van der Waals surface area contributed by atoms with Gasteiger partial charge in [0.05, 0.1) is 11.5 Å². The second kappa shape index (κ2) is 5.47. The Labute approximate surface area is 113 Å². The fraction of sp³-hybridized carbons (Fsp3) is 0.571. The van der Waals surface area contributed by atoms with Crippen LogP contribution in [0.3, 0.4) is 0 Å². The maximum atomic E-state index is 12.4. The predicted octanol–water partition coefficient (Wildman–Crippen LogP) is 1.49. The standard InChI is InChI=1S/C14H20N2O3/c1-9-7-12(10(2)19-9)14(18)16-6-4-5-11(8-16)13(17)15-3/h7,11H,4-6,8H2,1-3H3,(H,15,17). The highest BCUT2D eigenvalue weighted by Gasteiger charge is 2.29. The van der Waals surface area contributed by atoms with Crippen molar-refractivity contribution in [1.29, 1.82) is 0 Å². The van der Waals surface area contributed by atoms with Crippen LogP contribution in [0.5, 0.6) is 0 Å². The lowest BCUT2D eigenvalue weighted by Gasteiger charge is -2.31. The lowest BCUT2D eigenvalue weighted by molar-refractivity contribution is -0.125. The van der Waals surface area contributed by atoms with Crippen LogP contribution in [0.15, 0.2) is 10.5 Å². The van der Waals surface area contributed by atoms with Crippen LogP contribution in [0.1, 0.15) is 34.7 Å². The summed E-state index contributed by atoms with van der Waals surface area (Å²) < 4.78 is 5.40. The quantitative estimate of drug-likeness (QED) is 0.880. The number of rotatable bonds is 2. The average Bonchev–Trinajstić information content (AvgIpc) is 2.76. The molecule has 104 valence electrons. The highest BCUT2D eigenvalue weighted by molar-refractivity contribution is 5.95. The van der Waals surface area contributed by atoms with Crippen molar-refractivity contribution in [3.63, 3.8) is 0 Å². The third-order valence-electron chi connectivity index (χ3n) is 3.60. The van der Waals surface area contributed by atoms with Crippen LogP contribution >= 0.6 is 0 Å². The van der Waals surface area contributed by atoms with Gasteiger partial charge >= 0.3 is 0 Å². The van der Waals surface area contributed by atoms with Crippen LogP contribution in [-0.2, 0) is 4.79 Å². The smallest absolute Gasteiger partial charge is 0.257 e. The van der Waals surface area contributed by atoms with Gasteiger partial charge in [0.2, 0.25) is 5.91 Å². The van der Waals surface area contributed by atoms with Crippen LogP contribution in [0, 0.1) is 19.8 Å². The maximum Gasteiger partial charge on any atom is 0.257 e. The molecule has 0 spiro atoms. The first-order chi connectivity index (χ1) is 9.02. The molecular weight excluding hydrogens is 244 g/mol. The van der Waals surface area contributed by atoms with Crippen LogP contribution in [0.4, 0.5) is 0 Å². The van der Waals surface area contributed by atoms with Crippen molar-refractivity contribution < 1.29 is 14.0 Å². The second-order valence-electron chi connectivity index (χ2n) is 5.03. The number of nitrogens with one attached hydrogen (secondary N) is 1. The average molecular weight is 264 g/mol. The van der Waals surface area contributed by atoms with Crippen molar-refractivity contribution in [2.24, 2.45) is 5.92 Å². The van der Waals surface area contributed by atoms with Gasteiger partial charge in [0.15, 0.2) is 0 Å². The molecular formula is C14H20N2O3. The van der Waals surface area contributed by atoms with Gasteiger partial charge in [-0.05, 0) is 32.8 Å². The number of amides is 2. The first-order valence-electron chi connectivity index (χ1n) is 6.61. The molecule has 0 radical (unpaired) electrons. The Morgan fingerprint density at radius 1 is 1.42 bits per heavy atom. The van der Waals surface area contributed by atoms with Crippen molar-refractivity contribution in [3.8, 4) is 0 Å². The fourth-order valence-electron chi connectivity index (χ4n) is 2.59. The van der Waals surface area contributed by atoms with Gasteiger partial charge in [0.25, 0.3) is 5.91 Å². The Bertz CT molecular complexity index is 493. The molecule has 0 aromatic carbocycles. The van der Waals surface area contributed by atoms with Crippen LogP contribution in [0.2, 0.25) is 0 Å². The molecule has 1 aliphatic heterocycles. The molecule has 1 N–H and O–H groups in total. The van der Waals surface area contributed by atoms with Gasteiger partial charge in [-0.25, -0.2) is 0 Å². The van der Waals surface area contributed by atoms with Crippen molar-refractivity contribution in [1.82, 2.24) is 10.2 Å². The number of hydrogen-bond acceptors (Lipinski definition) is 3. The van der Waals surface area contributed by atoms with E-state index in [-0.39, 0.29) is 17.7 Å². The zero-order valence-electron chi connectivity index (χ0n) is 11.7. The number of carbonyl (C=O) groups is 2. The highest BCUT2D eigenvalue weighted by Crippen LogP contribution is 2.21. The molecule has 2 rings (SSSR count). The molecule has 1 fully saturated rings. The van der Waals surface area contributed by atoms with Gasteiger partial charge in [0, 0.05) is 20.1 Å². The van der Waals surface area contributed by atoms with E-state index in [9.17, 15) is 9.59 Å². The number of furan rings is 1. The van der Waals surface area contributed by atoms with E-state index in [1.54, 1.807) is 24.9 Å². The first-order valence-corrected chi connectivity index (χ1v) is 6.61. The number of carbonyl (C=O) groups excluding carboxylic acids is 2. The number of piperidine rings is 1. The minimum absolute atomic E-state index is 0.0117. The molecule has 1 atom stereocenters. The number of likely N-dealkylation sites (tertiary alicyclic amines) is 1. The molecule has 19 heavy (non-hydrogen) atoms. The summed E-state index contributed by atoms with van der Waals surface area (Å²) in [6, 6.07) is 1.77. The van der Waals surface area contributed by atoms with Gasteiger partial charge in [-0.15, -0.1) is 0 Å². The van der Waals surface area contributed by atoms with Gasteiger partial charge in [-0.1, -0.05) is 0 Å². The molecule has 1 aliphatic rings. The summed E-state index contributed by atoms with van der Waals surface area (Å²) in [5.41, 5.74) is 0.607. The summed E-state index contributed by atoms with van der Waals surface area (Å²) in [5, 5.41) is 2.65. The molecule has 2 heterocycles. The number of nitrogens with zero attached hydrogens (tertiary/aromatic N) is 1. The van der Waals surface area contributed by atoms with Crippen LogP contribution in [0.25, 0.3) is 0 Å².